The Balaban J connectivity index is 3.02. The average molecular weight is 335 g/mol. The van der Waals surface area contributed by atoms with Crippen molar-refractivity contribution < 1.29 is 8.78 Å². The molecule has 1 aliphatic carbocycles. The Bertz CT molecular complexity index is 235. The zero-order chi connectivity index (χ0) is 8.59. The van der Waals surface area contributed by atoms with Gasteiger partial charge in [0.2, 0.25) is 0 Å². The Labute approximate surface area is 86.0 Å². The lowest BCUT2D eigenvalue weighted by atomic mass is 10.0. The van der Waals surface area contributed by atoms with Crippen molar-refractivity contribution in [3.63, 3.8) is 0 Å². The van der Waals surface area contributed by atoms with E-state index < -0.39 is 11.7 Å². The van der Waals surface area contributed by atoms with Gasteiger partial charge in [-0.3, -0.25) is 0 Å². The Morgan fingerprint density at radius 3 is 2.64 bits per heavy atom. The minimum Gasteiger partial charge on any atom is -0.210 e. The number of hydrogen-bond acceptors (Lipinski definition) is 0. The predicted molar refractivity (Wildman–Crippen MR) is 53.2 cm³/mol. The molecule has 0 saturated heterocycles. The highest BCUT2D eigenvalue weighted by Gasteiger charge is 2.26. The molecule has 0 heterocycles. The monoisotopic (exact) mass is 334 g/mol. The summed E-state index contributed by atoms with van der Waals surface area (Å²) in [7, 11) is 0. The van der Waals surface area contributed by atoms with Gasteiger partial charge in [0.15, 0.2) is 0 Å². The summed E-state index contributed by atoms with van der Waals surface area (Å²) in [5.41, 5.74) is 0. The molecule has 1 aliphatic rings. The third-order valence-electron chi connectivity index (χ3n) is 1.60. The van der Waals surface area contributed by atoms with Crippen LogP contribution in [0.3, 0.4) is 0 Å². The fourth-order valence-corrected chi connectivity index (χ4v) is 1.94. The van der Waals surface area contributed by atoms with Crippen LogP contribution in [0.5, 0.6) is 0 Å². The normalized spacial score (nSPS) is 32.3. The van der Waals surface area contributed by atoms with E-state index in [1.807, 2.05) is 22.6 Å². The van der Waals surface area contributed by atoms with Crippen molar-refractivity contribution >= 4 is 38.5 Å². The summed E-state index contributed by atoms with van der Waals surface area (Å²) in [6.45, 7) is 1.73. The highest BCUT2D eigenvalue weighted by atomic mass is 127. The molecule has 1 rings (SSSR count). The molecule has 4 heteroatoms. The largest absolute Gasteiger partial charge is 0.210 e. The standard InChI is InChI=1S/C7H6BrF2I/c1-3-5(11)2-4(9)6(8)7(3)10/h2-3,5H,1H3. The molecule has 2 unspecified atom stereocenters. The van der Waals surface area contributed by atoms with Gasteiger partial charge >= 0.3 is 0 Å². The minimum atomic E-state index is -0.500. The third-order valence-corrected chi connectivity index (χ3v) is 3.80. The second kappa shape index (κ2) is 3.51. The molecule has 11 heavy (non-hydrogen) atoms. The van der Waals surface area contributed by atoms with E-state index >= 15 is 0 Å². The smallest absolute Gasteiger partial charge is 0.137 e. The van der Waals surface area contributed by atoms with E-state index in [4.69, 9.17) is 0 Å². The number of hydrogen-bond donors (Lipinski definition) is 0. The zero-order valence-corrected chi connectivity index (χ0v) is 9.49. The first-order chi connectivity index (χ1) is 5.04. The van der Waals surface area contributed by atoms with Gasteiger partial charge in [0.25, 0.3) is 0 Å². The molecule has 0 aliphatic heterocycles. The maximum atomic E-state index is 13.0. The van der Waals surface area contributed by atoms with Crippen molar-refractivity contribution in [2.24, 2.45) is 5.92 Å². The van der Waals surface area contributed by atoms with Gasteiger partial charge in [-0.2, -0.15) is 0 Å². The quantitative estimate of drug-likeness (QED) is 0.466. The van der Waals surface area contributed by atoms with E-state index in [0.29, 0.717) is 0 Å². The van der Waals surface area contributed by atoms with Crippen LogP contribution in [-0.2, 0) is 0 Å². The number of alkyl halides is 1. The predicted octanol–water partition coefficient (Wildman–Crippen LogP) is 3.87. The highest BCUT2D eigenvalue weighted by Crippen LogP contribution is 2.37. The molecule has 0 saturated carbocycles. The molecule has 0 N–H and O–H groups in total. The van der Waals surface area contributed by atoms with E-state index in [1.54, 1.807) is 6.92 Å². The summed E-state index contributed by atoms with van der Waals surface area (Å²) >= 11 is 4.86. The van der Waals surface area contributed by atoms with Gasteiger partial charge in [-0.1, -0.05) is 29.5 Å². The molecule has 62 valence electrons. The maximum Gasteiger partial charge on any atom is 0.137 e. The second-order valence-corrected chi connectivity index (χ2v) is 4.64. The third kappa shape index (κ3) is 1.83. The molecule has 2 atom stereocenters. The first-order valence-corrected chi connectivity index (χ1v) is 5.15. The summed E-state index contributed by atoms with van der Waals surface area (Å²) in [6, 6.07) is 0. The van der Waals surface area contributed by atoms with Crippen molar-refractivity contribution in [3.8, 4) is 0 Å². The van der Waals surface area contributed by atoms with Crippen LogP contribution >= 0.6 is 38.5 Å². The molecule has 0 aromatic rings. The van der Waals surface area contributed by atoms with Crippen LogP contribution in [-0.4, -0.2) is 3.92 Å². The van der Waals surface area contributed by atoms with E-state index in [2.05, 4.69) is 15.9 Å². The van der Waals surface area contributed by atoms with Crippen LogP contribution in [0.4, 0.5) is 8.78 Å². The van der Waals surface area contributed by atoms with Crippen molar-refractivity contribution in [1.29, 1.82) is 0 Å². The second-order valence-electron chi connectivity index (χ2n) is 2.41. The van der Waals surface area contributed by atoms with E-state index in [9.17, 15) is 8.78 Å². The zero-order valence-electron chi connectivity index (χ0n) is 5.74. The highest BCUT2D eigenvalue weighted by molar-refractivity contribution is 14.1. The molecular weight excluding hydrogens is 329 g/mol. The van der Waals surface area contributed by atoms with Gasteiger partial charge in [-0.05, 0) is 22.0 Å². The molecule has 0 aromatic carbocycles. The van der Waals surface area contributed by atoms with E-state index in [1.165, 1.54) is 6.08 Å². The summed E-state index contributed by atoms with van der Waals surface area (Å²) in [5, 5.41) is 0. The molecule has 0 spiro atoms. The SMILES string of the molecule is CC1C(F)=C(Br)C(F)=CC1I. The van der Waals surface area contributed by atoms with Gasteiger partial charge in [-0.25, -0.2) is 8.78 Å². The Kier molecular flexibility index (Phi) is 3.08. The molecule has 0 amide bonds. The van der Waals surface area contributed by atoms with E-state index in [0.717, 1.165) is 0 Å². The minimum absolute atomic E-state index is 0.0297. The lowest BCUT2D eigenvalue weighted by molar-refractivity contribution is 0.483. The van der Waals surface area contributed by atoms with Crippen LogP contribution in [0.25, 0.3) is 0 Å². The lowest BCUT2D eigenvalue weighted by Crippen LogP contribution is -2.14. The molecule has 0 bridgehead atoms. The number of allylic oxidation sites excluding steroid dienone is 4. The van der Waals surface area contributed by atoms with Crippen LogP contribution in [0.1, 0.15) is 6.92 Å². The van der Waals surface area contributed by atoms with Crippen molar-refractivity contribution in [3.05, 3.63) is 22.2 Å². The van der Waals surface area contributed by atoms with Crippen molar-refractivity contribution in [2.75, 3.05) is 0 Å². The number of halogens is 4. The molecular formula is C7H6BrF2I. The summed E-state index contributed by atoms with van der Waals surface area (Å²) < 4.78 is 25.7. The van der Waals surface area contributed by atoms with Crippen LogP contribution in [0.2, 0.25) is 0 Å². The average Bonchev–Trinajstić information content (AvgIpc) is 1.97. The molecule has 0 aromatic heterocycles. The number of rotatable bonds is 0. The van der Waals surface area contributed by atoms with Crippen molar-refractivity contribution in [1.82, 2.24) is 0 Å². The first kappa shape index (κ1) is 9.64. The first-order valence-electron chi connectivity index (χ1n) is 3.11. The Hall–Kier alpha value is 0.550. The summed E-state index contributed by atoms with van der Waals surface area (Å²) in [5.74, 6) is -1.13. The molecule has 0 radical (unpaired) electrons. The topological polar surface area (TPSA) is 0 Å². The van der Waals surface area contributed by atoms with Gasteiger partial charge in [-0.15, -0.1) is 0 Å². The lowest BCUT2D eigenvalue weighted by Gasteiger charge is -2.18. The van der Waals surface area contributed by atoms with Crippen molar-refractivity contribution in [2.45, 2.75) is 10.8 Å². The van der Waals surface area contributed by atoms with Crippen LogP contribution < -0.4 is 0 Å². The van der Waals surface area contributed by atoms with Gasteiger partial charge in [0.05, 0.1) is 4.48 Å². The van der Waals surface area contributed by atoms with Gasteiger partial charge in [0, 0.05) is 9.84 Å². The fraction of sp³-hybridized carbons (Fsp3) is 0.429. The van der Waals surface area contributed by atoms with Gasteiger partial charge in [0.1, 0.15) is 11.7 Å². The van der Waals surface area contributed by atoms with Crippen LogP contribution in [0.15, 0.2) is 22.2 Å². The Morgan fingerprint density at radius 1 is 1.55 bits per heavy atom. The fourth-order valence-electron chi connectivity index (χ4n) is 0.811. The molecule has 0 fully saturated rings. The van der Waals surface area contributed by atoms with E-state index in [-0.39, 0.29) is 14.3 Å². The molecule has 0 nitrogen and oxygen atoms in total. The van der Waals surface area contributed by atoms with Gasteiger partial charge < -0.3 is 0 Å². The maximum absolute atomic E-state index is 13.0. The summed E-state index contributed by atoms with van der Waals surface area (Å²) in [4.78, 5) is 0. The van der Waals surface area contributed by atoms with Crippen LogP contribution in [0, 0.1) is 5.92 Å². The Morgan fingerprint density at radius 2 is 2.09 bits per heavy atom. The summed E-state index contributed by atoms with van der Waals surface area (Å²) in [6.07, 6.45) is 1.42.